The molecule has 11 heavy (non-hydrogen) atoms. The van der Waals surface area contributed by atoms with Crippen LogP contribution in [0.3, 0.4) is 0 Å². The standard InChI is InChI=1S/C8H18O2.Li.H/c1-7(2)10-6-5-8(3,4)9;;/h7,9H,5-6H2,1-4H3;;/q;+1;-1. The van der Waals surface area contributed by atoms with Crippen LogP contribution in [0, 0.1) is 0 Å². The maximum Gasteiger partial charge on any atom is 1.00 e. The van der Waals surface area contributed by atoms with Gasteiger partial charge in [0.05, 0.1) is 11.7 Å². The predicted octanol–water partition coefficient (Wildman–Crippen LogP) is -1.31. The molecule has 0 radical (unpaired) electrons. The van der Waals surface area contributed by atoms with Gasteiger partial charge in [-0.05, 0) is 34.1 Å². The van der Waals surface area contributed by atoms with E-state index < -0.39 is 5.60 Å². The Balaban J connectivity index is -0.000000405. The molecule has 0 spiro atoms. The van der Waals surface area contributed by atoms with E-state index in [1.807, 2.05) is 13.8 Å². The first-order valence-electron chi connectivity index (χ1n) is 3.76. The fraction of sp³-hybridized carbons (Fsp3) is 1.00. The van der Waals surface area contributed by atoms with Gasteiger partial charge in [0.2, 0.25) is 0 Å². The summed E-state index contributed by atoms with van der Waals surface area (Å²) in [7, 11) is 0. The summed E-state index contributed by atoms with van der Waals surface area (Å²) in [6.45, 7) is 8.20. The quantitative estimate of drug-likeness (QED) is 0.509. The van der Waals surface area contributed by atoms with Gasteiger partial charge in [0.1, 0.15) is 0 Å². The second-order valence-corrected chi connectivity index (χ2v) is 3.48. The molecule has 0 aromatic heterocycles. The van der Waals surface area contributed by atoms with E-state index in [2.05, 4.69) is 0 Å². The van der Waals surface area contributed by atoms with E-state index in [4.69, 9.17) is 4.74 Å². The monoisotopic (exact) mass is 154 g/mol. The second kappa shape index (κ2) is 6.08. The average molecular weight is 154 g/mol. The maximum atomic E-state index is 9.25. The van der Waals surface area contributed by atoms with Gasteiger partial charge in [-0.3, -0.25) is 0 Å². The van der Waals surface area contributed by atoms with Crippen LogP contribution in [0.1, 0.15) is 35.5 Å². The van der Waals surface area contributed by atoms with Crippen molar-refractivity contribution in [2.24, 2.45) is 0 Å². The third-order valence-electron chi connectivity index (χ3n) is 1.17. The van der Waals surface area contributed by atoms with Crippen LogP contribution in [0.25, 0.3) is 0 Å². The SMILES string of the molecule is CC(C)OCCC(C)(C)O.[H-].[Li+]. The van der Waals surface area contributed by atoms with Gasteiger partial charge in [0, 0.05) is 6.61 Å². The Morgan fingerprint density at radius 2 is 1.91 bits per heavy atom. The predicted molar refractivity (Wildman–Crippen MR) is 43.1 cm³/mol. The molecule has 0 amide bonds. The maximum absolute atomic E-state index is 9.25. The van der Waals surface area contributed by atoms with Gasteiger partial charge in [-0.2, -0.15) is 0 Å². The van der Waals surface area contributed by atoms with Gasteiger partial charge < -0.3 is 11.3 Å². The fourth-order valence-electron chi connectivity index (χ4n) is 0.544. The largest absolute Gasteiger partial charge is 1.00 e. The second-order valence-electron chi connectivity index (χ2n) is 3.48. The van der Waals surface area contributed by atoms with Gasteiger partial charge in [0.15, 0.2) is 0 Å². The van der Waals surface area contributed by atoms with Crippen LogP contribution in [0.4, 0.5) is 0 Å². The van der Waals surface area contributed by atoms with Crippen molar-refractivity contribution in [2.45, 2.75) is 45.8 Å². The van der Waals surface area contributed by atoms with E-state index in [9.17, 15) is 5.11 Å². The molecule has 0 aromatic rings. The molecule has 0 rings (SSSR count). The topological polar surface area (TPSA) is 29.5 Å². The molecule has 0 fully saturated rings. The molecule has 3 heteroatoms. The van der Waals surface area contributed by atoms with E-state index in [-0.39, 0.29) is 26.4 Å². The first kappa shape index (κ1) is 14.1. The molecule has 0 heterocycles. The van der Waals surface area contributed by atoms with Crippen LogP contribution in [0.2, 0.25) is 0 Å². The van der Waals surface area contributed by atoms with Crippen LogP contribution in [0.15, 0.2) is 0 Å². The number of ether oxygens (including phenoxy) is 1. The summed E-state index contributed by atoms with van der Waals surface area (Å²) in [6.07, 6.45) is 0.966. The summed E-state index contributed by atoms with van der Waals surface area (Å²) in [5.41, 5.74) is -0.588. The third kappa shape index (κ3) is 13.5. The minimum Gasteiger partial charge on any atom is -1.00 e. The van der Waals surface area contributed by atoms with Crippen molar-refractivity contribution >= 4 is 0 Å². The molecule has 64 valence electrons. The molecular formula is C8H19LiO2. The van der Waals surface area contributed by atoms with Crippen LogP contribution in [-0.2, 0) is 4.74 Å². The molecule has 0 aliphatic heterocycles. The Bertz CT molecular complexity index is 91.5. The molecule has 0 aliphatic rings. The summed E-state index contributed by atoms with van der Waals surface area (Å²) >= 11 is 0. The summed E-state index contributed by atoms with van der Waals surface area (Å²) in [6, 6.07) is 0. The zero-order valence-corrected chi connectivity index (χ0v) is 8.35. The van der Waals surface area contributed by atoms with Crippen LogP contribution in [0.5, 0.6) is 0 Å². The number of aliphatic hydroxyl groups is 1. The summed E-state index contributed by atoms with van der Waals surface area (Å²) < 4.78 is 5.26. The summed E-state index contributed by atoms with van der Waals surface area (Å²) in [4.78, 5) is 0. The molecule has 1 N–H and O–H groups in total. The van der Waals surface area contributed by atoms with Crippen molar-refractivity contribution in [2.75, 3.05) is 6.61 Å². The van der Waals surface area contributed by atoms with Gasteiger partial charge in [-0.1, -0.05) is 0 Å². The average Bonchev–Trinajstić information content (AvgIpc) is 1.59. The molecule has 0 bridgehead atoms. The smallest absolute Gasteiger partial charge is 1.00 e. The number of hydrogen-bond donors (Lipinski definition) is 1. The van der Waals surface area contributed by atoms with Gasteiger partial charge in [-0.25, -0.2) is 0 Å². The van der Waals surface area contributed by atoms with Crippen molar-refractivity contribution < 1.29 is 30.1 Å². The van der Waals surface area contributed by atoms with Crippen molar-refractivity contribution in [1.29, 1.82) is 0 Å². The van der Waals surface area contributed by atoms with Crippen molar-refractivity contribution in [3.05, 3.63) is 0 Å². The van der Waals surface area contributed by atoms with Crippen LogP contribution < -0.4 is 18.9 Å². The third-order valence-corrected chi connectivity index (χ3v) is 1.17. The molecule has 0 aromatic carbocycles. The van der Waals surface area contributed by atoms with Crippen LogP contribution in [-0.4, -0.2) is 23.4 Å². The first-order valence-corrected chi connectivity index (χ1v) is 3.76. The Labute approximate surface area is 83.0 Å². The van der Waals surface area contributed by atoms with E-state index in [0.717, 1.165) is 0 Å². The summed E-state index contributed by atoms with van der Waals surface area (Å²) in [5.74, 6) is 0. The molecule has 2 nitrogen and oxygen atoms in total. The molecule has 0 saturated carbocycles. The van der Waals surface area contributed by atoms with E-state index in [1.165, 1.54) is 0 Å². The first-order chi connectivity index (χ1) is 4.42. The van der Waals surface area contributed by atoms with E-state index >= 15 is 0 Å². The summed E-state index contributed by atoms with van der Waals surface area (Å²) in [5, 5.41) is 9.25. The molecule has 0 saturated heterocycles. The van der Waals surface area contributed by atoms with Crippen LogP contribution >= 0.6 is 0 Å². The molecular weight excluding hydrogens is 135 g/mol. The Hall–Kier alpha value is 0.517. The van der Waals surface area contributed by atoms with Gasteiger partial charge >= 0.3 is 18.9 Å². The van der Waals surface area contributed by atoms with E-state index in [0.29, 0.717) is 13.0 Å². The van der Waals surface area contributed by atoms with Crippen molar-refractivity contribution in [3.8, 4) is 0 Å². The van der Waals surface area contributed by atoms with Gasteiger partial charge in [-0.15, -0.1) is 0 Å². The zero-order chi connectivity index (χ0) is 8.20. The minimum atomic E-state index is -0.588. The van der Waals surface area contributed by atoms with Crippen molar-refractivity contribution in [3.63, 3.8) is 0 Å². The molecule has 0 unspecified atom stereocenters. The van der Waals surface area contributed by atoms with Gasteiger partial charge in [0.25, 0.3) is 0 Å². The fourth-order valence-corrected chi connectivity index (χ4v) is 0.544. The number of hydrogen-bond acceptors (Lipinski definition) is 2. The van der Waals surface area contributed by atoms with Crippen molar-refractivity contribution in [1.82, 2.24) is 0 Å². The normalized spacial score (nSPS) is 11.5. The molecule has 0 atom stereocenters. The number of rotatable bonds is 4. The zero-order valence-electron chi connectivity index (χ0n) is 9.35. The minimum absolute atomic E-state index is 0. The molecule has 0 aliphatic carbocycles. The Morgan fingerprint density at radius 1 is 1.45 bits per heavy atom. The Morgan fingerprint density at radius 3 is 2.18 bits per heavy atom. The Kier molecular flexibility index (Phi) is 7.77. The van der Waals surface area contributed by atoms with E-state index in [1.54, 1.807) is 13.8 Å².